The van der Waals surface area contributed by atoms with Crippen LogP contribution in [-0.4, -0.2) is 68.1 Å². The summed E-state index contributed by atoms with van der Waals surface area (Å²) in [6.07, 6.45) is 5.04. The summed E-state index contributed by atoms with van der Waals surface area (Å²) in [5.74, 6) is -0.569. The van der Waals surface area contributed by atoms with Crippen molar-refractivity contribution in [1.82, 2.24) is 35.0 Å². The molecule has 0 unspecified atom stereocenters. The quantitative estimate of drug-likeness (QED) is 0.139. The van der Waals surface area contributed by atoms with E-state index in [1.54, 1.807) is 30.6 Å². The summed E-state index contributed by atoms with van der Waals surface area (Å²) in [5.41, 5.74) is 5.12. The Balaban J connectivity index is 1.35. The van der Waals surface area contributed by atoms with Crippen LogP contribution in [0.4, 0.5) is 20.2 Å². The molecule has 0 saturated carbocycles. The molecule has 0 aliphatic carbocycles. The Morgan fingerprint density at radius 1 is 0.978 bits per heavy atom. The second-order valence-corrected chi connectivity index (χ2v) is 12.8. The normalized spacial score (nSPS) is 11.9. The first-order valence-electron chi connectivity index (χ1n) is 14.9. The lowest BCUT2D eigenvalue weighted by molar-refractivity contribution is -0.117. The second kappa shape index (κ2) is 12.3. The van der Waals surface area contributed by atoms with Gasteiger partial charge in [-0.15, -0.1) is 0 Å². The van der Waals surface area contributed by atoms with Crippen LogP contribution in [-0.2, 0) is 4.79 Å². The molecular formula is C34H35F2N9O. The van der Waals surface area contributed by atoms with Gasteiger partial charge in [0.2, 0.25) is 5.91 Å². The molecule has 6 rings (SSSR count). The number of likely N-dealkylation sites (N-methyl/N-ethyl adjacent to an activating group) is 1. The average molecular weight is 624 g/mol. The largest absolute Gasteiger partial charge is 0.384 e. The molecule has 0 saturated heterocycles. The van der Waals surface area contributed by atoms with Crippen LogP contribution in [0.5, 0.6) is 0 Å². The van der Waals surface area contributed by atoms with Gasteiger partial charge in [0.1, 0.15) is 17.3 Å². The maximum Gasteiger partial charge on any atom is 0.224 e. The second-order valence-electron chi connectivity index (χ2n) is 12.8. The van der Waals surface area contributed by atoms with Gasteiger partial charge in [0, 0.05) is 65.7 Å². The number of H-pyrrole nitrogens is 2. The molecule has 12 heteroatoms. The summed E-state index contributed by atoms with van der Waals surface area (Å²) < 4.78 is 30.1. The number of anilines is 2. The SMILES string of the molecule is CN(C)CCNc1cc(F)cc(-c2ccnc3nc(-c4n[nH]c5cc(F)c(-c6cncc(NC(=O)CC(C)(C)C)c6)cc45)[nH]c23)c1. The van der Waals surface area contributed by atoms with Gasteiger partial charge in [-0.3, -0.25) is 14.9 Å². The molecule has 4 aromatic heterocycles. The van der Waals surface area contributed by atoms with E-state index < -0.39 is 5.82 Å². The lowest BCUT2D eigenvalue weighted by Gasteiger charge is -2.17. The third-order valence-corrected chi connectivity index (χ3v) is 7.39. The van der Waals surface area contributed by atoms with Crippen molar-refractivity contribution in [3.63, 3.8) is 0 Å². The number of hydrogen-bond donors (Lipinski definition) is 4. The number of hydrogen-bond acceptors (Lipinski definition) is 7. The number of amides is 1. The molecule has 4 N–H and O–H groups in total. The molecule has 4 heterocycles. The van der Waals surface area contributed by atoms with Crippen LogP contribution in [0.1, 0.15) is 27.2 Å². The Morgan fingerprint density at radius 2 is 1.78 bits per heavy atom. The van der Waals surface area contributed by atoms with Gasteiger partial charge in [-0.1, -0.05) is 20.8 Å². The summed E-state index contributed by atoms with van der Waals surface area (Å²) >= 11 is 0. The van der Waals surface area contributed by atoms with Gasteiger partial charge in [-0.2, -0.15) is 5.10 Å². The van der Waals surface area contributed by atoms with Crippen molar-refractivity contribution in [1.29, 1.82) is 0 Å². The number of nitrogens with zero attached hydrogens (tertiary/aromatic N) is 5. The fourth-order valence-corrected chi connectivity index (χ4v) is 5.32. The topological polar surface area (TPSA) is 128 Å². The van der Waals surface area contributed by atoms with Crippen molar-refractivity contribution in [2.24, 2.45) is 5.41 Å². The third kappa shape index (κ3) is 6.71. The number of rotatable bonds is 9. The van der Waals surface area contributed by atoms with Crippen molar-refractivity contribution in [2.45, 2.75) is 27.2 Å². The van der Waals surface area contributed by atoms with Gasteiger partial charge < -0.3 is 20.5 Å². The van der Waals surface area contributed by atoms with Crippen LogP contribution < -0.4 is 10.6 Å². The highest BCUT2D eigenvalue weighted by Gasteiger charge is 2.20. The van der Waals surface area contributed by atoms with Gasteiger partial charge in [0.25, 0.3) is 0 Å². The minimum Gasteiger partial charge on any atom is -0.384 e. The Bertz CT molecular complexity index is 2060. The molecule has 0 aliphatic heterocycles. The Hall–Kier alpha value is -5.23. The number of aromatic amines is 2. The van der Waals surface area contributed by atoms with Gasteiger partial charge in [0.15, 0.2) is 11.5 Å². The fraction of sp³-hybridized carbons (Fsp3) is 0.265. The zero-order chi connectivity index (χ0) is 32.6. The molecule has 0 radical (unpaired) electrons. The number of carbonyl (C=O) groups is 1. The number of halogens is 2. The molecule has 0 fully saturated rings. The van der Waals surface area contributed by atoms with Crippen LogP contribution in [0.25, 0.3) is 55.8 Å². The zero-order valence-corrected chi connectivity index (χ0v) is 26.3. The third-order valence-electron chi connectivity index (χ3n) is 7.39. The van der Waals surface area contributed by atoms with Crippen LogP contribution in [0, 0.1) is 17.0 Å². The van der Waals surface area contributed by atoms with Crippen LogP contribution >= 0.6 is 0 Å². The molecule has 0 aliphatic rings. The summed E-state index contributed by atoms with van der Waals surface area (Å²) in [5, 5.41) is 14.1. The molecule has 0 atom stereocenters. The highest BCUT2D eigenvalue weighted by molar-refractivity contribution is 5.98. The molecule has 0 bridgehead atoms. The smallest absolute Gasteiger partial charge is 0.224 e. The zero-order valence-electron chi connectivity index (χ0n) is 26.3. The van der Waals surface area contributed by atoms with Crippen molar-refractivity contribution < 1.29 is 13.6 Å². The van der Waals surface area contributed by atoms with E-state index in [2.05, 4.69) is 40.8 Å². The fourth-order valence-electron chi connectivity index (χ4n) is 5.32. The minimum absolute atomic E-state index is 0.146. The lowest BCUT2D eigenvalue weighted by Crippen LogP contribution is -2.20. The lowest BCUT2D eigenvalue weighted by atomic mass is 9.92. The average Bonchev–Trinajstić information content (AvgIpc) is 3.59. The standard InChI is InChI=1S/C34H35F2N9O/c1-34(2,3)16-29(46)40-23-12-20(17-37-18-23)25-14-26-28(15-27(25)36)43-44-31(26)33-41-30-24(6-7-39-32(30)42-33)19-10-21(35)13-22(11-19)38-8-9-45(4)5/h6-7,10-15,17-18,38H,8-9,16H2,1-5H3,(H,40,46)(H,43,44)(H,39,41,42). The Morgan fingerprint density at radius 3 is 2.57 bits per heavy atom. The first kappa shape index (κ1) is 30.8. The molecule has 10 nitrogen and oxygen atoms in total. The Kier molecular flexibility index (Phi) is 8.22. The maximum absolute atomic E-state index is 15.4. The maximum atomic E-state index is 15.4. The molecule has 2 aromatic carbocycles. The number of fused-ring (bicyclic) bond motifs is 2. The van der Waals surface area contributed by atoms with E-state index >= 15 is 4.39 Å². The van der Waals surface area contributed by atoms with Gasteiger partial charge in [-0.05, 0) is 61.5 Å². The molecular weight excluding hydrogens is 588 g/mol. The molecule has 6 aromatic rings. The summed E-state index contributed by atoms with van der Waals surface area (Å²) in [6.45, 7) is 7.41. The summed E-state index contributed by atoms with van der Waals surface area (Å²) in [6, 6.07) is 11.4. The van der Waals surface area contributed by atoms with E-state index in [0.717, 1.165) is 12.1 Å². The van der Waals surface area contributed by atoms with Crippen LogP contribution in [0.3, 0.4) is 0 Å². The first-order valence-corrected chi connectivity index (χ1v) is 14.9. The van der Waals surface area contributed by atoms with Gasteiger partial charge >= 0.3 is 0 Å². The number of benzene rings is 2. The summed E-state index contributed by atoms with van der Waals surface area (Å²) in [7, 11) is 3.96. The highest BCUT2D eigenvalue weighted by Crippen LogP contribution is 2.35. The molecule has 236 valence electrons. The van der Waals surface area contributed by atoms with E-state index in [9.17, 15) is 9.18 Å². The predicted molar refractivity (Wildman–Crippen MR) is 177 cm³/mol. The highest BCUT2D eigenvalue weighted by atomic mass is 19.1. The molecule has 46 heavy (non-hydrogen) atoms. The first-order chi connectivity index (χ1) is 21.9. The van der Waals surface area contributed by atoms with E-state index in [4.69, 9.17) is 0 Å². The van der Waals surface area contributed by atoms with E-state index in [1.165, 1.54) is 24.4 Å². The number of aromatic nitrogens is 6. The molecule has 0 spiro atoms. The minimum atomic E-state index is -0.475. The van der Waals surface area contributed by atoms with Crippen molar-refractivity contribution in [3.8, 4) is 33.8 Å². The van der Waals surface area contributed by atoms with Gasteiger partial charge in [0.05, 0.1) is 22.9 Å². The predicted octanol–water partition coefficient (Wildman–Crippen LogP) is 6.86. The number of carbonyl (C=O) groups excluding carboxylic acids is 1. The van der Waals surface area contributed by atoms with Gasteiger partial charge in [-0.25, -0.2) is 18.7 Å². The van der Waals surface area contributed by atoms with Crippen molar-refractivity contribution in [2.75, 3.05) is 37.8 Å². The van der Waals surface area contributed by atoms with Crippen LogP contribution in [0.2, 0.25) is 0 Å². The van der Waals surface area contributed by atoms with E-state index in [-0.39, 0.29) is 17.1 Å². The number of pyridine rings is 2. The van der Waals surface area contributed by atoms with E-state index in [1.807, 2.05) is 45.8 Å². The van der Waals surface area contributed by atoms with E-state index in [0.29, 0.717) is 74.6 Å². The Labute approximate surface area is 264 Å². The number of imidazole rings is 1. The monoisotopic (exact) mass is 623 g/mol. The van der Waals surface area contributed by atoms with Crippen molar-refractivity contribution >= 4 is 39.3 Å². The molecule has 1 amide bonds. The van der Waals surface area contributed by atoms with Crippen molar-refractivity contribution in [3.05, 3.63) is 72.7 Å². The summed E-state index contributed by atoms with van der Waals surface area (Å²) in [4.78, 5) is 31.2. The van der Waals surface area contributed by atoms with Crippen LogP contribution in [0.15, 0.2) is 61.1 Å². The number of nitrogens with one attached hydrogen (secondary N) is 4.